The first-order chi connectivity index (χ1) is 7.84. The van der Waals surface area contributed by atoms with Gasteiger partial charge in [-0.05, 0) is 11.5 Å². The largest absolute Gasteiger partial charge is 0.305 e. The summed E-state index contributed by atoms with van der Waals surface area (Å²) in [6, 6.07) is 9.55. The summed E-state index contributed by atoms with van der Waals surface area (Å²) < 4.78 is 4.53. The van der Waals surface area contributed by atoms with E-state index in [0.29, 0.717) is 16.0 Å². The quantitative estimate of drug-likeness (QED) is 0.694. The van der Waals surface area contributed by atoms with Crippen molar-refractivity contribution in [2.24, 2.45) is 0 Å². The summed E-state index contributed by atoms with van der Waals surface area (Å²) in [4.78, 5) is 18.8. The number of benzene rings is 1. The van der Waals surface area contributed by atoms with Crippen molar-refractivity contribution in [3.8, 4) is 11.4 Å². The minimum absolute atomic E-state index is 0.133. The van der Waals surface area contributed by atoms with Crippen molar-refractivity contribution < 1.29 is 0 Å². The van der Waals surface area contributed by atoms with E-state index in [2.05, 4.69) is 14.3 Å². The molecule has 0 atom stereocenters. The van der Waals surface area contributed by atoms with Crippen molar-refractivity contribution in [3.63, 3.8) is 0 Å². The molecule has 5 heteroatoms. The zero-order valence-corrected chi connectivity index (χ0v) is 8.99. The smallest absolute Gasteiger partial charge is 0.270 e. The molecule has 16 heavy (non-hydrogen) atoms. The molecule has 3 aromatic rings. The first kappa shape index (κ1) is 9.23. The fourth-order valence-electron chi connectivity index (χ4n) is 1.52. The van der Waals surface area contributed by atoms with E-state index in [4.69, 9.17) is 0 Å². The Morgan fingerprint density at radius 3 is 2.81 bits per heavy atom. The fourth-order valence-corrected chi connectivity index (χ4v) is 2.10. The summed E-state index contributed by atoms with van der Waals surface area (Å²) in [5.74, 6) is 0.582. The number of hydrogen-bond acceptors (Lipinski definition) is 4. The average molecular weight is 229 g/mol. The lowest BCUT2D eigenvalue weighted by Gasteiger charge is -1.99. The standard InChI is InChI=1S/C11H7N3OS/c15-11-9-8(6-12-16-9)13-10(14-11)7-4-2-1-3-5-7/h1-6H,(H,13,14,15). The summed E-state index contributed by atoms with van der Waals surface area (Å²) >= 11 is 1.16. The molecular formula is C11H7N3OS. The van der Waals surface area contributed by atoms with Gasteiger partial charge >= 0.3 is 0 Å². The predicted octanol–water partition coefficient (Wildman–Crippen LogP) is 2.05. The lowest BCUT2D eigenvalue weighted by molar-refractivity contribution is 1.19. The van der Waals surface area contributed by atoms with Gasteiger partial charge in [0, 0.05) is 5.56 Å². The van der Waals surface area contributed by atoms with Gasteiger partial charge in [-0.3, -0.25) is 4.79 Å². The SMILES string of the molecule is O=c1[nH]c(-c2ccccc2)nc2cnsc12. The third-order valence-electron chi connectivity index (χ3n) is 2.27. The van der Waals surface area contributed by atoms with E-state index in [1.807, 2.05) is 30.3 Å². The highest BCUT2D eigenvalue weighted by Crippen LogP contribution is 2.16. The van der Waals surface area contributed by atoms with E-state index in [1.54, 1.807) is 6.20 Å². The predicted molar refractivity (Wildman–Crippen MR) is 63.5 cm³/mol. The first-order valence-electron chi connectivity index (χ1n) is 4.75. The monoisotopic (exact) mass is 229 g/mol. The molecule has 0 aliphatic heterocycles. The van der Waals surface area contributed by atoms with E-state index < -0.39 is 0 Å². The molecule has 2 aromatic heterocycles. The lowest BCUT2D eigenvalue weighted by atomic mass is 10.2. The van der Waals surface area contributed by atoms with E-state index in [9.17, 15) is 4.79 Å². The molecule has 3 rings (SSSR count). The number of aromatic nitrogens is 3. The maximum atomic E-state index is 11.7. The minimum atomic E-state index is -0.133. The first-order valence-corrected chi connectivity index (χ1v) is 5.52. The number of H-pyrrole nitrogens is 1. The highest BCUT2D eigenvalue weighted by Gasteiger charge is 2.06. The van der Waals surface area contributed by atoms with Crippen molar-refractivity contribution in [3.05, 3.63) is 46.9 Å². The van der Waals surface area contributed by atoms with Crippen LogP contribution in [0.5, 0.6) is 0 Å². The van der Waals surface area contributed by atoms with Gasteiger partial charge in [-0.2, -0.15) is 4.37 Å². The zero-order valence-electron chi connectivity index (χ0n) is 8.18. The van der Waals surface area contributed by atoms with Gasteiger partial charge in [-0.15, -0.1) is 0 Å². The van der Waals surface area contributed by atoms with Gasteiger partial charge in [0.05, 0.1) is 6.20 Å². The van der Waals surface area contributed by atoms with Gasteiger partial charge in [-0.1, -0.05) is 30.3 Å². The van der Waals surface area contributed by atoms with Gasteiger partial charge in [0.15, 0.2) is 0 Å². The van der Waals surface area contributed by atoms with Crippen LogP contribution in [0.1, 0.15) is 0 Å². The number of fused-ring (bicyclic) bond motifs is 1. The average Bonchev–Trinajstić information content (AvgIpc) is 2.79. The number of rotatable bonds is 1. The topological polar surface area (TPSA) is 58.6 Å². The zero-order chi connectivity index (χ0) is 11.0. The number of aromatic amines is 1. The van der Waals surface area contributed by atoms with Crippen LogP contribution in [0.25, 0.3) is 21.6 Å². The molecule has 0 saturated carbocycles. The third-order valence-corrected chi connectivity index (χ3v) is 3.06. The second-order valence-corrected chi connectivity index (χ2v) is 4.12. The molecule has 4 nitrogen and oxygen atoms in total. The number of hydrogen-bond donors (Lipinski definition) is 1. The Morgan fingerprint density at radius 1 is 1.19 bits per heavy atom. The molecule has 1 N–H and O–H groups in total. The molecule has 0 unspecified atom stereocenters. The summed E-state index contributed by atoms with van der Waals surface area (Å²) in [5.41, 5.74) is 1.41. The Labute approximate surface area is 94.8 Å². The summed E-state index contributed by atoms with van der Waals surface area (Å²) in [6.07, 6.45) is 1.61. The van der Waals surface area contributed by atoms with Gasteiger partial charge in [0.2, 0.25) is 0 Å². The molecule has 0 spiro atoms. The van der Waals surface area contributed by atoms with Crippen LogP contribution in [0.4, 0.5) is 0 Å². The van der Waals surface area contributed by atoms with Crippen LogP contribution < -0.4 is 5.56 Å². The second-order valence-electron chi connectivity index (χ2n) is 3.32. The Balaban J connectivity index is 2.30. The molecular weight excluding hydrogens is 222 g/mol. The fraction of sp³-hybridized carbons (Fsp3) is 0. The Morgan fingerprint density at radius 2 is 2.00 bits per heavy atom. The molecule has 0 saturated heterocycles. The van der Waals surface area contributed by atoms with Gasteiger partial charge < -0.3 is 4.98 Å². The van der Waals surface area contributed by atoms with E-state index in [1.165, 1.54) is 0 Å². The van der Waals surface area contributed by atoms with Crippen molar-refractivity contribution in [1.29, 1.82) is 0 Å². The van der Waals surface area contributed by atoms with E-state index in [-0.39, 0.29) is 5.56 Å². The third kappa shape index (κ3) is 1.42. The van der Waals surface area contributed by atoms with Crippen LogP contribution in [0.2, 0.25) is 0 Å². The Hall–Kier alpha value is -2.01. The van der Waals surface area contributed by atoms with Crippen LogP contribution in [0, 0.1) is 0 Å². The van der Waals surface area contributed by atoms with Crippen molar-refractivity contribution in [2.45, 2.75) is 0 Å². The van der Waals surface area contributed by atoms with Crippen LogP contribution in [0.3, 0.4) is 0 Å². The molecule has 2 heterocycles. The normalized spacial score (nSPS) is 10.8. The van der Waals surface area contributed by atoms with Crippen LogP contribution in [-0.2, 0) is 0 Å². The Kier molecular flexibility index (Phi) is 2.04. The molecule has 0 radical (unpaired) electrons. The van der Waals surface area contributed by atoms with Crippen LogP contribution in [0.15, 0.2) is 41.3 Å². The maximum Gasteiger partial charge on any atom is 0.270 e. The maximum absolute atomic E-state index is 11.7. The highest BCUT2D eigenvalue weighted by atomic mass is 32.1. The highest BCUT2D eigenvalue weighted by molar-refractivity contribution is 7.13. The Bertz CT molecular complexity index is 687. The van der Waals surface area contributed by atoms with Crippen LogP contribution in [-0.4, -0.2) is 14.3 Å². The molecule has 1 aromatic carbocycles. The van der Waals surface area contributed by atoms with Crippen molar-refractivity contribution >= 4 is 21.7 Å². The van der Waals surface area contributed by atoms with Crippen molar-refractivity contribution in [1.82, 2.24) is 14.3 Å². The lowest BCUT2D eigenvalue weighted by Crippen LogP contribution is -2.07. The molecule has 0 fully saturated rings. The van der Waals surface area contributed by atoms with E-state index in [0.717, 1.165) is 17.1 Å². The summed E-state index contributed by atoms with van der Waals surface area (Å²) in [6.45, 7) is 0. The van der Waals surface area contributed by atoms with Crippen LogP contribution >= 0.6 is 11.5 Å². The molecule has 0 aliphatic rings. The van der Waals surface area contributed by atoms with Gasteiger partial charge in [-0.25, -0.2) is 4.98 Å². The molecule has 78 valence electrons. The molecule has 0 amide bonds. The number of nitrogens with zero attached hydrogens (tertiary/aromatic N) is 2. The number of nitrogens with one attached hydrogen (secondary N) is 1. The minimum Gasteiger partial charge on any atom is -0.305 e. The van der Waals surface area contributed by atoms with Gasteiger partial charge in [0.1, 0.15) is 16.0 Å². The molecule has 0 aliphatic carbocycles. The molecule has 0 bridgehead atoms. The summed E-state index contributed by atoms with van der Waals surface area (Å²) in [7, 11) is 0. The summed E-state index contributed by atoms with van der Waals surface area (Å²) in [5, 5.41) is 0. The van der Waals surface area contributed by atoms with E-state index >= 15 is 0 Å². The van der Waals surface area contributed by atoms with Gasteiger partial charge in [0.25, 0.3) is 5.56 Å². The second kappa shape index (κ2) is 3.53. The van der Waals surface area contributed by atoms with Crippen molar-refractivity contribution in [2.75, 3.05) is 0 Å².